The Kier molecular flexibility index (Phi) is 6.67. The van der Waals surface area contributed by atoms with Crippen molar-refractivity contribution in [1.29, 1.82) is 0 Å². The van der Waals surface area contributed by atoms with Crippen molar-refractivity contribution in [3.63, 3.8) is 0 Å². The molecule has 0 saturated carbocycles. The van der Waals surface area contributed by atoms with E-state index >= 15 is 0 Å². The molecule has 0 aromatic carbocycles. The maximum absolute atomic E-state index is 11.7. The Labute approximate surface area is 115 Å². The molecule has 0 saturated heterocycles. The molecule has 1 aromatic heterocycles. The molecule has 2 atom stereocenters. The van der Waals surface area contributed by atoms with E-state index in [1.54, 1.807) is 19.3 Å². The number of pyridine rings is 1. The highest BCUT2D eigenvalue weighted by atomic mass is 16.1. The van der Waals surface area contributed by atoms with Gasteiger partial charge in [-0.05, 0) is 37.3 Å². The number of hydrogen-bond donors (Lipinski definition) is 2. The molecule has 0 spiro atoms. The zero-order valence-electron chi connectivity index (χ0n) is 12.1. The molecule has 0 fully saturated rings. The molecule has 3 N–H and O–H groups in total. The molecule has 4 nitrogen and oxygen atoms in total. The normalized spacial score (nSPS) is 14.4. The van der Waals surface area contributed by atoms with Gasteiger partial charge in [-0.3, -0.25) is 9.78 Å². The van der Waals surface area contributed by atoms with Crippen LogP contribution in [0.5, 0.6) is 0 Å². The van der Waals surface area contributed by atoms with Gasteiger partial charge in [0, 0.05) is 25.0 Å². The maximum atomic E-state index is 11.7. The predicted octanol–water partition coefficient (Wildman–Crippen LogP) is 1.54. The molecule has 19 heavy (non-hydrogen) atoms. The van der Waals surface area contributed by atoms with Gasteiger partial charge in [0.25, 0.3) is 0 Å². The summed E-state index contributed by atoms with van der Waals surface area (Å²) < 4.78 is 0. The fourth-order valence-corrected chi connectivity index (χ4v) is 2.10. The van der Waals surface area contributed by atoms with Crippen molar-refractivity contribution >= 4 is 5.78 Å². The number of rotatable bonds is 8. The fraction of sp³-hybridized carbons (Fsp3) is 0.600. The third-order valence-corrected chi connectivity index (χ3v) is 3.05. The van der Waals surface area contributed by atoms with Gasteiger partial charge in [0.15, 0.2) is 0 Å². The van der Waals surface area contributed by atoms with Crippen LogP contribution in [0.25, 0.3) is 0 Å². The van der Waals surface area contributed by atoms with E-state index in [0.29, 0.717) is 18.9 Å². The van der Waals surface area contributed by atoms with Crippen molar-refractivity contribution in [3.05, 3.63) is 30.1 Å². The topological polar surface area (TPSA) is 68.0 Å². The van der Waals surface area contributed by atoms with Gasteiger partial charge in [-0.25, -0.2) is 0 Å². The summed E-state index contributed by atoms with van der Waals surface area (Å²) in [5, 5.41) is 3.27. The second-order valence-corrected chi connectivity index (χ2v) is 5.53. The summed E-state index contributed by atoms with van der Waals surface area (Å²) in [7, 11) is 0. The van der Waals surface area contributed by atoms with Crippen LogP contribution in [0.3, 0.4) is 0 Å². The number of aromatic nitrogens is 1. The minimum Gasteiger partial charge on any atom is -0.327 e. The van der Waals surface area contributed by atoms with E-state index in [1.165, 1.54) is 0 Å². The zero-order chi connectivity index (χ0) is 14.3. The van der Waals surface area contributed by atoms with Crippen molar-refractivity contribution in [2.24, 2.45) is 11.7 Å². The molecule has 106 valence electrons. The van der Waals surface area contributed by atoms with E-state index in [4.69, 9.17) is 5.73 Å². The van der Waals surface area contributed by atoms with E-state index < -0.39 is 0 Å². The quantitative estimate of drug-likeness (QED) is 0.746. The van der Waals surface area contributed by atoms with Gasteiger partial charge in [0.1, 0.15) is 5.78 Å². The average molecular weight is 263 g/mol. The van der Waals surface area contributed by atoms with Crippen LogP contribution in [0.1, 0.15) is 32.8 Å². The minimum atomic E-state index is -0.178. The molecular formula is C15H25N3O. The second-order valence-electron chi connectivity index (χ2n) is 5.53. The highest BCUT2D eigenvalue weighted by molar-refractivity contribution is 5.81. The highest BCUT2D eigenvalue weighted by Crippen LogP contribution is 2.05. The van der Waals surface area contributed by atoms with E-state index in [9.17, 15) is 4.79 Å². The lowest BCUT2D eigenvalue weighted by molar-refractivity contribution is -0.119. The van der Waals surface area contributed by atoms with Crippen molar-refractivity contribution < 1.29 is 4.79 Å². The van der Waals surface area contributed by atoms with Gasteiger partial charge >= 0.3 is 0 Å². The Morgan fingerprint density at radius 2 is 2.21 bits per heavy atom. The summed E-state index contributed by atoms with van der Waals surface area (Å²) in [5.41, 5.74) is 7.09. The molecule has 1 rings (SSSR count). The van der Waals surface area contributed by atoms with Crippen LogP contribution in [-0.2, 0) is 11.2 Å². The number of carbonyl (C=O) groups excluding carboxylic acids is 1. The van der Waals surface area contributed by atoms with Crippen LogP contribution in [0.15, 0.2) is 24.5 Å². The van der Waals surface area contributed by atoms with Gasteiger partial charge in [0.2, 0.25) is 0 Å². The Morgan fingerprint density at radius 1 is 1.47 bits per heavy atom. The molecule has 1 heterocycles. The number of Topliss-reactive ketones (excluding diaryl/α,β-unsaturated/α-hetero) is 1. The second kappa shape index (κ2) is 8.02. The van der Waals surface area contributed by atoms with E-state index in [1.807, 2.05) is 12.1 Å². The number of nitrogens with one attached hydrogen (secondary N) is 1. The Bertz CT molecular complexity index is 378. The van der Waals surface area contributed by atoms with Crippen LogP contribution in [0.4, 0.5) is 0 Å². The first kappa shape index (κ1) is 15.8. The highest BCUT2D eigenvalue weighted by Gasteiger charge is 2.16. The summed E-state index contributed by atoms with van der Waals surface area (Å²) in [4.78, 5) is 15.7. The standard InChI is InChI=1S/C15H25N3O/c1-11(2)7-14(16)10-18-15(12(3)19)8-13-5-4-6-17-9-13/h4-6,9,11,14-15,18H,7-8,10,16H2,1-3H3/t14-,15-/m0/s1. The third kappa shape index (κ3) is 6.45. The summed E-state index contributed by atoms with van der Waals surface area (Å²) in [6.45, 7) is 6.58. The Hall–Kier alpha value is -1.26. The Balaban J connectivity index is 2.48. The summed E-state index contributed by atoms with van der Waals surface area (Å²) in [6.07, 6.45) is 5.16. The molecule has 0 bridgehead atoms. The van der Waals surface area contributed by atoms with E-state index in [2.05, 4.69) is 24.1 Å². The average Bonchev–Trinajstić information content (AvgIpc) is 2.34. The molecule has 0 aliphatic rings. The number of hydrogen-bond acceptors (Lipinski definition) is 4. The SMILES string of the molecule is CC(=O)[C@H](Cc1cccnc1)NC[C@@H](N)CC(C)C. The lowest BCUT2D eigenvalue weighted by Crippen LogP contribution is -2.44. The van der Waals surface area contributed by atoms with Crippen molar-refractivity contribution in [3.8, 4) is 0 Å². The molecule has 0 aliphatic carbocycles. The predicted molar refractivity (Wildman–Crippen MR) is 77.8 cm³/mol. The number of carbonyl (C=O) groups is 1. The fourth-order valence-electron chi connectivity index (χ4n) is 2.10. The van der Waals surface area contributed by atoms with Crippen LogP contribution in [-0.4, -0.2) is 29.4 Å². The van der Waals surface area contributed by atoms with Crippen molar-refractivity contribution in [2.75, 3.05) is 6.54 Å². The lowest BCUT2D eigenvalue weighted by Gasteiger charge is -2.20. The summed E-state index contributed by atoms with van der Waals surface area (Å²) >= 11 is 0. The van der Waals surface area contributed by atoms with Crippen LogP contribution < -0.4 is 11.1 Å². The van der Waals surface area contributed by atoms with Gasteiger partial charge in [-0.1, -0.05) is 19.9 Å². The lowest BCUT2D eigenvalue weighted by atomic mass is 10.0. The molecular weight excluding hydrogens is 238 g/mol. The molecule has 4 heteroatoms. The van der Waals surface area contributed by atoms with Gasteiger partial charge in [-0.2, -0.15) is 0 Å². The monoisotopic (exact) mass is 263 g/mol. The van der Waals surface area contributed by atoms with Crippen LogP contribution in [0.2, 0.25) is 0 Å². The van der Waals surface area contributed by atoms with Crippen LogP contribution >= 0.6 is 0 Å². The smallest absolute Gasteiger partial charge is 0.147 e. The van der Waals surface area contributed by atoms with Crippen LogP contribution in [0, 0.1) is 5.92 Å². The maximum Gasteiger partial charge on any atom is 0.147 e. The first-order valence-electron chi connectivity index (χ1n) is 6.87. The van der Waals surface area contributed by atoms with Crippen molar-refractivity contribution in [1.82, 2.24) is 10.3 Å². The number of nitrogens with zero attached hydrogens (tertiary/aromatic N) is 1. The third-order valence-electron chi connectivity index (χ3n) is 3.05. The first-order valence-corrected chi connectivity index (χ1v) is 6.87. The van der Waals surface area contributed by atoms with Gasteiger partial charge in [-0.15, -0.1) is 0 Å². The molecule has 0 aliphatic heterocycles. The molecule has 0 radical (unpaired) electrons. The number of nitrogens with two attached hydrogens (primary N) is 1. The number of ketones is 1. The molecule has 0 amide bonds. The first-order chi connectivity index (χ1) is 8.99. The summed E-state index contributed by atoms with van der Waals surface area (Å²) in [5.74, 6) is 0.714. The Morgan fingerprint density at radius 3 is 2.74 bits per heavy atom. The van der Waals surface area contributed by atoms with Crippen molar-refractivity contribution in [2.45, 2.75) is 45.7 Å². The van der Waals surface area contributed by atoms with Gasteiger partial charge in [0.05, 0.1) is 6.04 Å². The van der Waals surface area contributed by atoms with E-state index in [0.717, 1.165) is 12.0 Å². The largest absolute Gasteiger partial charge is 0.327 e. The zero-order valence-corrected chi connectivity index (χ0v) is 12.1. The summed E-state index contributed by atoms with van der Waals surface area (Å²) in [6, 6.07) is 3.79. The molecule has 0 unspecified atom stereocenters. The minimum absolute atomic E-state index is 0.0933. The van der Waals surface area contributed by atoms with Gasteiger partial charge < -0.3 is 11.1 Å². The molecule has 1 aromatic rings. The van der Waals surface area contributed by atoms with E-state index in [-0.39, 0.29) is 17.9 Å².